The van der Waals surface area contributed by atoms with Gasteiger partial charge in [-0.15, -0.1) is 0 Å². The van der Waals surface area contributed by atoms with Crippen molar-refractivity contribution in [3.05, 3.63) is 32.6 Å². The van der Waals surface area contributed by atoms with Crippen molar-refractivity contribution in [2.24, 2.45) is 0 Å². The summed E-state index contributed by atoms with van der Waals surface area (Å²) < 4.78 is 1.06. The largest absolute Gasteiger partial charge is 0.394 e. The molecule has 1 saturated carbocycles. The Balaban J connectivity index is 1.91. The van der Waals surface area contributed by atoms with E-state index in [0.717, 1.165) is 43.1 Å². The maximum absolute atomic E-state index is 12.7. The molecule has 0 radical (unpaired) electrons. The van der Waals surface area contributed by atoms with Crippen molar-refractivity contribution >= 4 is 11.8 Å². The number of carbonyl (C=O) groups excluding carboxylic acids is 2. The highest BCUT2D eigenvalue weighted by atomic mass is 16.3. The van der Waals surface area contributed by atoms with Crippen LogP contribution in [0.15, 0.2) is 15.8 Å². The fraction of sp³-hybridized carbons (Fsp3) is 0.727. The second-order valence-electron chi connectivity index (χ2n) is 8.47. The normalized spacial score (nSPS) is 17.7. The summed E-state index contributed by atoms with van der Waals surface area (Å²) in [5.74, 6) is -1.01. The molecule has 174 valence electrons. The van der Waals surface area contributed by atoms with Gasteiger partial charge in [-0.3, -0.25) is 23.9 Å². The van der Waals surface area contributed by atoms with Gasteiger partial charge in [0.2, 0.25) is 11.8 Å². The second kappa shape index (κ2) is 13.1. The number of H-pyrrole nitrogens is 1. The van der Waals surface area contributed by atoms with Crippen LogP contribution in [0.2, 0.25) is 0 Å². The van der Waals surface area contributed by atoms with Crippen LogP contribution in [0, 0.1) is 6.92 Å². The van der Waals surface area contributed by atoms with Crippen LogP contribution < -0.4 is 21.9 Å². The molecule has 1 heterocycles. The lowest BCUT2D eigenvalue weighted by atomic mass is 9.97. The van der Waals surface area contributed by atoms with Gasteiger partial charge in [-0.05, 0) is 19.8 Å². The quantitative estimate of drug-likeness (QED) is 0.530. The van der Waals surface area contributed by atoms with Crippen LogP contribution in [0.1, 0.15) is 76.2 Å². The van der Waals surface area contributed by atoms with E-state index in [-0.39, 0.29) is 12.6 Å². The molecule has 0 spiro atoms. The predicted octanol–water partition coefficient (Wildman–Crippen LogP) is 1.11. The minimum Gasteiger partial charge on any atom is -0.394 e. The molecule has 0 aliphatic heterocycles. The Morgan fingerprint density at radius 1 is 1.06 bits per heavy atom. The number of amides is 2. The van der Waals surface area contributed by atoms with E-state index in [0.29, 0.717) is 5.56 Å². The molecule has 0 saturated heterocycles. The lowest BCUT2D eigenvalue weighted by Gasteiger charge is -2.23. The first-order valence-electron chi connectivity index (χ1n) is 11.4. The smallest absolute Gasteiger partial charge is 0.328 e. The number of aromatic amines is 1. The standard InChI is InChI=1S/C22H36N4O5/c1-16-13-26(22(31)25-20(16)29)14-19(28)24-18(15-27)21(30)23-17-11-9-7-5-3-2-4-6-8-10-12-17/h13,17-18,27H,2-12,14-15H2,1H3,(H,23,30)(H,24,28)(H,25,29,31). The zero-order chi connectivity index (χ0) is 22.6. The topological polar surface area (TPSA) is 133 Å². The molecule has 1 aromatic heterocycles. The fourth-order valence-electron chi connectivity index (χ4n) is 3.93. The van der Waals surface area contributed by atoms with Crippen molar-refractivity contribution < 1.29 is 14.7 Å². The SMILES string of the molecule is Cc1cn(CC(=O)NC(CO)C(=O)NC2CCCCCCCCCCC2)c(=O)[nH]c1=O. The third-order valence-corrected chi connectivity index (χ3v) is 5.79. The lowest BCUT2D eigenvalue weighted by Crippen LogP contribution is -2.52. The van der Waals surface area contributed by atoms with Crippen molar-refractivity contribution in [1.82, 2.24) is 20.2 Å². The Morgan fingerprint density at radius 3 is 2.16 bits per heavy atom. The number of hydrogen-bond donors (Lipinski definition) is 4. The van der Waals surface area contributed by atoms with Crippen molar-refractivity contribution in [3.63, 3.8) is 0 Å². The predicted molar refractivity (Wildman–Crippen MR) is 118 cm³/mol. The zero-order valence-corrected chi connectivity index (χ0v) is 18.5. The Labute approximate surface area is 182 Å². The van der Waals surface area contributed by atoms with Gasteiger partial charge in [0.15, 0.2) is 0 Å². The maximum Gasteiger partial charge on any atom is 0.328 e. The average molecular weight is 437 g/mol. The third-order valence-electron chi connectivity index (χ3n) is 5.79. The van der Waals surface area contributed by atoms with Gasteiger partial charge in [0, 0.05) is 17.8 Å². The Bertz CT molecular complexity index is 820. The number of hydrogen-bond acceptors (Lipinski definition) is 5. The first-order valence-corrected chi connectivity index (χ1v) is 11.4. The number of aliphatic hydroxyl groups is 1. The van der Waals surface area contributed by atoms with Crippen molar-refractivity contribution in [2.45, 2.75) is 96.2 Å². The highest BCUT2D eigenvalue weighted by Gasteiger charge is 2.23. The average Bonchev–Trinajstić information content (AvgIpc) is 2.72. The number of aromatic nitrogens is 2. The molecule has 1 aliphatic carbocycles. The first-order chi connectivity index (χ1) is 14.9. The molecular weight excluding hydrogens is 400 g/mol. The van der Waals surface area contributed by atoms with Crippen LogP contribution in [0.3, 0.4) is 0 Å². The molecule has 1 aromatic rings. The molecule has 1 atom stereocenters. The van der Waals surface area contributed by atoms with Crippen molar-refractivity contribution in [3.8, 4) is 0 Å². The highest BCUT2D eigenvalue weighted by molar-refractivity contribution is 5.87. The van der Waals surface area contributed by atoms with E-state index in [4.69, 9.17) is 0 Å². The first kappa shape index (κ1) is 24.8. The van der Waals surface area contributed by atoms with Crippen LogP contribution >= 0.6 is 0 Å². The summed E-state index contributed by atoms with van der Waals surface area (Å²) >= 11 is 0. The molecule has 1 aliphatic rings. The summed E-state index contributed by atoms with van der Waals surface area (Å²) in [6.45, 7) is 0.632. The zero-order valence-electron chi connectivity index (χ0n) is 18.5. The van der Waals surface area contributed by atoms with E-state index in [2.05, 4.69) is 15.6 Å². The molecule has 0 aromatic carbocycles. The summed E-state index contributed by atoms with van der Waals surface area (Å²) in [4.78, 5) is 50.4. The third kappa shape index (κ3) is 8.69. The van der Waals surface area contributed by atoms with E-state index < -0.39 is 35.7 Å². The highest BCUT2D eigenvalue weighted by Crippen LogP contribution is 2.17. The van der Waals surface area contributed by atoms with Gasteiger partial charge >= 0.3 is 5.69 Å². The minimum atomic E-state index is -1.09. The molecule has 31 heavy (non-hydrogen) atoms. The van der Waals surface area contributed by atoms with Gasteiger partial charge in [-0.2, -0.15) is 0 Å². The Hall–Kier alpha value is -2.42. The fourth-order valence-corrected chi connectivity index (χ4v) is 3.93. The van der Waals surface area contributed by atoms with Crippen LogP contribution in [-0.2, 0) is 16.1 Å². The van der Waals surface area contributed by atoms with Crippen molar-refractivity contribution in [1.29, 1.82) is 0 Å². The number of rotatable bonds is 6. The molecule has 1 fully saturated rings. The van der Waals surface area contributed by atoms with Crippen molar-refractivity contribution in [2.75, 3.05) is 6.61 Å². The van der Waals surface area contributed by atoms with Gasteiger partial charge in [0.25, 0.3) is 5.56 Å². The van der Waals surface area contributed by atoms with E-state index in [1.54, 1.807) is 0 Å². The Morgan fingerprint density at radius 2 is 1.61 bits per heavy atom. The van der Waals surface area contributed by atoms with Crippen LogP contribution in [-0.4, -0.2) is 45.2 Å². The summed E-state index contributed by atoms with van der Waals surface area (Å²) in [6.07, 6.45) is 13.8. The van der Waals surface area contributed by atoms with E-state index >= 15 is 0 Å². The molecule has 0 bridgehead atoms. The van der Waals surface area contributed by atoms with Gasteiger partial charge < -0.3 is 15.7 Å². The molecule has 2 rings (SSSR count). The number of aryl methyl sites for hydroxylation is 1. The molecule has 9 heteroatoms. The Kier molecular flexibility index (Phi) is 10.5. The van der Waals surface area contributed by atoms with Crippen LogP contribution in [0.5, 0.6) is 0 Å². The van der Waals surface area contributed by atoms with E-state index in [9.17, 15) is 24.3 Å². The van der Waals surface area contributed by atoms with Gasteiger partial charge in [0.1, 0.15) is 12.6 Å². The number of aliphatic hydroxyl groups excluding tert-OH is 1. The number of nitrogens with one attached hydrogen (secondary N) is 3. The number of nitrogens with zero attached hydrogens (tertiary/aromatic N) is 1. The summed E-state index contributed by atoms with van der Waals surface area (Å²) in [5, 5.41) is 15.1. The van der Waals surface area contributed by atoms with Gasteiger partial charge in [-0.25, -0.2) is 4.79 Å². The molecular formula is C22H36N4O5. The van der Waals surface area contributed by atoms with E-state index in [1.165, 1.54) is 45.2 Å². The number of carbonyl (C=O) groups is 2. The van der Waals surface area contributed by atoms with E-state index in [1.807, 2.05) is 0 Å². The summed E-state index contributed by atoms with van der Waals surface area (Å²) in [6, 6.07) is -1.06. The minimum absolute atomic E-state index is 0.0300. The lowest BCUT2D eigenvalue weighted by molar-refractivity contribution is -0.130. The molecule has 9 nitrogen and oxygen atoms in total. The van der Waals surface area contributed by atoms with Crippen LogP contribution in [0.25, 0.3) is 0 Å². The summed E-state index contributed by atoms with van der Waals surface area (Å²) in [5.41, 5.74) is -0.915. The van der Waals surface area contributed by atoms with Gasteiger partial charge in [-0.1, -0.05) is 57.8 Å². The molecule has 1 unspecified atom stereocenters. The summed E-state index contributed by atoms with van der Waals surface area (Å²) in [7, 11) is 0. The molecule has 2 amide bonds. The molecule has 4 N–H and O–H groups in total. The van der Waals surface area contributed by atoms with Crippen LogP contribution in [0.4, 0.5) is 0 Å². The second-order valence-corrected chi connectivity index (χ2v) is 8.47. The maximum atomic E-state index is 12.7. The van der Waals surface area contributed by atoms with Gasteiger partial charge in [0.05, 0.1) is 6.61 Å². The monoisotopic (exact) mass is 436 g/mol.